The molecule has 0 fully saturated rings. The molecule has 2 N–H and O–H groups in total. The molecule has 0 saturated carbocycles. The summed E-state index contributed by atoms with van der Waals surface area (Å²) in [4.78, 5) is 0. The van der Waals surface area contributed by atoms with Crippen molar-refractivity contribution in [2.24, 2.45) is 14.5 Å². The molecule has 0 saturated heterocycles. The van der Waals surface area contributed by atoms with Crippen LogP contribution in [0.2, 0.25) is 0 Å². The molecule has 6 heteroatoms. The molecule has 0 aromatic rings. The molecule has 50 valence electrons. The van der Waals surface area contributed by atoms with E-state index >= 15 is 0 Å². The Bertz CT molecular complexity index is 262. The van der Waals surface area contributed by atoms with Crippen LogP contribution in [0.25, 0.3) is 0 Å². The summed E-state index contributed by atoms with van der Waals surface area (Å²) >= 11 is 0. The van der Waals surface area contributed by atoms with Gasteiger partial charge in [0.25, 0.3) is 0 Å². The molecular formula is C3H5N3O2S. The van der Waals surface area contributed by atoms with Crippen molar-refractivity contribution in [1.29, 1.82) is 0 Å². The maximum Gasteiger partial charge on any atom is 0.365 e. The van der Waals surface area contributed by atoms with Crippen LogP contribution in [0.15, 0.2) is 8.80 Å². The van der Waals surface area contributed by atoms with E-state index in [9.17, 15) is 8.42 Å². The molecule has 1 heterocycles. The molecule has 0 unspecified atom stereocenters. The summed E-state index contributed by atoms with van der Waals surface area (Å²) in [6, 6.07) is 0. The molecule has 0 radical (unpaired) electrons. The highest BCUT2D eigenvalue weighted by atomic mass is 32.2. The minimum absolute atomic E-state index is 0.0185. The van der Waals surface area contributed by atoms with E-state index in [4.69, 9.17) is 5.73 Å². The highest BCUT2D eigenvalue weighted by Crippen LogP contribution is 2.02. The van der Waals surface area contributed by atoms with Crippen molar-refractivity contribution >= 4 is 21.8 Å². The third-order valence-electron chi connectivity index (χ3n) is 0.837. The van der Waals surface area contributed by atoms with Gasteiger partial charge in [-0.25, -0.2) is 0 Å². The highest BCUT2D eigenvalue weighted by molar-refractivity contribution is 7.89. The fourth-order valence-corrected chi connectivity index (χ4v) is 1.29. The maximum absolute atomic E-state index is 10.4. The van der Waals surface area contributed by atoms with E-state index in [2.05, 4.69) is 8.80 Å². The van der Waals surface area contributed by atoms with Crippen LogP contribution in [0.5, 0.6) is 0 Å². The largest absolute Gasteiger partial charge is 0.381 e. The van der Waals surface area contributed by atoms with Gasteiger partial charge in [-0.1, -0.05) is 0 Å². The third kappa shape index (κ3) is 1.07. The van der Waals surface area contributed by atoms with Crippen molar-refractivity contribution in [3.63, 3.8) is 0 Å². The van der Waals surface area contributed by atoms with Gasteiger partial charge in [-0.3, -0.25) is 0 Å². The zero-order chi connectivity index (χ0) is 7.07. The standard InChI is InChI=1S/C3H5N3O2S/c1-2-3(4)6-9(7,8)5-2/h1H3,(H2,4,6). The van der Waals surface area contributed by atoms with E-state index in [1.807, 2.05) is 0 Å². The van der Waals surface area contributed by atoms with E-state index < -0.39 is 10.2 Å². The number of hydrogen-bond acceptors (Lipinski definition) is 3. The molecule has 1 rings (SSSR count). The first-order valence-electron chi connectivity index (χ1n) is 2.18. The van der Waals surface area contributed by atoms with Crippen LogP contribution in [0, 0.1) is 0 Å². The lowest BCUT2D eigenvalue weighted by molar-refractivity contribution is 0.601. The summed E-state index contributed by atoms with van der Waals surface area (Å²) in [5, 5.41) is 0. The van der Waals surface area contributed by atoms with Crippen LogP contribution in [0.1, 0.15) is 6.92 Å². The Morgan fingerprint density at radius 2 is 2.00 bits per heavy atom. The number of nitrogens with zero attached hydrogens (tertiary/aromatic N) is 2. The van der Waals surface area contributed by atoms with Crippen molar-refractivity contribution in [2.45, 2.75) is 6.92 Å². The van der Waals surface area contributed by atoms with Gasteiger partial charge in [0.05, 0.1) is 5.71 Å². The van der Waals surface area contributed by atoms with Crippen molar-refractivity contribution in [1.82, 2.24) is 0 Å². The highest BCUT2D eigenvalue weighted by Gasteiger charge is 2.16. The fraction of sp³-hybridized carbons (Fsp3) is 0.333. The maximum atomic E-state index is 10.4. The Morgan fingerprint density at radius 1 is 1.44 bits per heavy atom. The van der Waals surface area contributed by atoms with Gasteiger partial charge in [0.2, 0.25) is 0 Å². The van der Waals surface area contributed by atoms with E-state index in [1.165, 1.54) is 6.92 Å². The molecule has 1 aliphatic heterocycles. The Labute approximate surface area is 52.5 Å². The smallest absolute Gasteiger partial charge is 0.365 e. The Kier molecular flexibility index (Phi) is 1.06. The monoisotopic (exact) mass is 147 g/mol. The average Bonchev–Trinajstić information content (AvgIpc) is 1.79. The number of nitrogens with two attached hydrogens (primary N) is 1. The fourth-order valence-electron chi connectivity index (χ4n) is 0.431. The first kappa shape index (κ1) is 6.21. The van der Waals surface area contributed by atoms with Crippen LogP contribution in [0.4, 0.5) is 0 Å². The van der Waals surface area contributed by atoms with Gasteiger partial charge in [0.1, 0.15) is 0 Å². The van der Waals surface area contributed by atoms with E-state index in [0.717, 1.165) is 0 Å². The van der Waals surface area contributed by atoms with Gasteiger partial charge < -0.3 is 5.73 Å². The summed E-state index contributed by atoms with van der Waals surface area (Å²) in [6.45, 7) is 1.49. The van der Waals surface area contributed by atoms with E-state index in [0.29, 0.717) is 0 Å². The summed E-state index contributed by atoms with van der Waals surface area (Å²) in [5.41, 5.74) is 5.35. The first-order valence-corrected chi connectivity index (χ1v) is 3.58. The zero-order valence-corrected chi connectivity index (χ0v) is 5.51. The van der Waals surface area contributed by atoms with E-state index in [-0.39, 0.29) is 11.5 Å². The van der Waals surface area contributed by atoms with Gasteiger partial charge in [-0.2, -0.15) is 8.42 Å². The molecule has 0 aliphatic carbocycles. The van der Waals surface area contributed by atoms with E-state index in [1.54, 1.807) is 0 Å². The molecule has 5 nitrogen and oxygen atoms in total. The summed E-state index contributed by atoms with van der Waals surface area (Å²) in [5.74, 6) is -0.0185. The summed E-state index contributed by atoms with van der Waals surface area (Å²) in [7, 11) is -3.59. The Morgan fingerprint density at radius 3 is 2.11 bits per heavy atom. The second-order valence-corrected chi connectivity index (χ2v) is 2.86. The predicted molar refractivity (Wildman–Crippen MR) is 33.7 cm³/mol. The average molecular weight is 147 g/mol. The van der Waals surface area contributed by atoms with Gasteiger partial charge in [-0.15, -0.1) is 8.80 Å². The SMILES string of the molecule is CC1=NS(=O)(=O)N=C1N. The lowest BCUT2D eigenvalue weighted by Crippen LogP contribution is -2.17. The Hall–Kier alpha value is -0.910. The second kappa shape index (κ2) is 1.53. The molecule has 1 aliphatic rings. The molecule has 0 aromatic heterocycles. The van der Waals surface area contributed by atoms with Crippen LogP contribution in [0.3, 0.4) is 0 Å². The Balaban J connectivity index is 3.27. The van der Waals surface area contributed by atoms with Crippen LogP contribution in [-0.2, 0) is 10.2 Å². The molecule has 0 atom stereocenters. The molecular weight excluding hydrogens is 142 g/mol. The minimum atomic E-state index is -3.59. The quantitative estimate of drug-likeness (QED) is 0.480. The van der Waals surface area contributed by atoms with Gasteiger partial charge in [0, 0.05) is 0 Å². The van der Waals surface area contributed by atoms with Crippen molar-refractivity contribution in [3.8, 4) is 0 Å². The molecule has 0 bridgehead atoms. The minimum Gasteiger partial charge on any atom is -0.381 e. The van der Waals surface area contributed by atoms with Crippen molar-refractivity contribution in [2.75, 3.05) is 0 Å². The lowest BCUT2D eigenvalue weighted by Gasteiger charge is -1.80. The molecule has 9 heavy (non-hydrogen) atoms. The lowest BCUT2D eigenvalue weighted by atomic mass is 10.4. The van der Waals surface area contributed by atoms with Gasteiger partial charge in [-0.05, 0) is 6.92 Å². The molecule has 0 spiro atoms. The first-order chi connectivity index (χ1) is 4.01. The van der Waals surface area contributed by atoms with Crippen LogP contribution in [-0.4, -0.2) is 20.0 Å². The normalized spacial score (nSPS) is 23.2. The zero-order valence-electron chi connectivity index (χ0n) is 4.70. The second-order valence-electron chi connectivity index (χ2n) is 1.60. The molecule has 0 amide bonds. The van der Waals surface area contributed by atoms with Gasteiger partial charge >= 0.3 is 10.2 Å². The number of hydrogen-bond donors (Lipinski definition) is 1. The topological polar surface area (TPSA) is 84.9 Å². The summed E-state index contributed by atoms with van der Waals surface area (Å²) < 4.78 is 27.0. The van der Waals surface area contributed by atoms with Crippen molar-refractivity contribution in [3.05, 3.63) is 0 Å². The number of amidine groups is 1. The summed E-state index contributed by atoms with van der Waals surface area (Å²) in [6.07, 6.45) is 0. The van der Waals surface area contributed by atoms with Crippen LogP contribution < -0.4 is 5.73 Å². The van der Waals surface area contributed by atoms with Crippen molar-refractivity contribution < 1.29 is 8.42 Å². The van der Waals surface area contributed by atoms with Crippen LogP contribution >= 0.6 is 0 Å². The molecule has 0 aromatic carbocycles. The number of rotatable bonds is 0. The predicted octanol–water partition coefficient (Wildman–Crippen LogP) is -0.937. The third-order valence-corrected chi connectivity index (χ3v) is 1.77. The van der Waals surface area contributed by atoms with Gasteiger partial charge in [0.15, 0.2) is 5.84 Å².